The molecular formula is C4H15N3O2. The van der Waals surface area contributed by atoms with Crippen molar-refractivity contribution in [3.63, 3.8) is 0 Å². The zero-order chi connectivity index (χ0) is 7.54. The van der Waals surface area contributed by atoms with Gasteiger partial charge in [0.15, 0.2) is 0 Å². The first-order chi connectivity index (χ1) is 4.33. The molecule has 9 heavy (non-hydrogen) atoms. The Morgan fingerprint density at radius 2 is 1.67 bits per heavy atom. The maximum absolute atomic E-state index is 7.92. The number of aliphatic hydroxyl groups is 2. The predicted molar refractivity (Wildman–Crippen MR) is 35.4 cm³/mol. The Bertz CT molecular complexity index is 33.0. The Kier molecular flexibility index (Phi) is 20.1. The molecule has 5 nitrogen and oxygen atoms in total. The molecule has 58 valence electrons. The first-order valence-electron chi connectivity index (χ1n) is 2.68. The van der Waals surface area contributed by atoms with Crippen molar-refractivity contribution in [2.75, 3.05) is 26.3 Å². The predicted octanol–water partition coefficient (Wildman–Crippen LogP) is -2.62. The summed E-state index contributed by atoms with van der Waals surface area (Å²) in [5.74, 6) is 4.73. The van der Waals surface area contributed by atoms with Crippen LogP contribution in [0, 0.1) is 0 Å². The number of aliphatic hydroxyl groups excluding tert-OH is 2. The van der Waals surface area contributed by atoms with Crippen LogP contribution in [-0.2, 0) is 0 Å². The molecule has 7 N–H and O–H groups in total. The molecule has 0 aliphatic carbocycles. The van der Waals surface area contributed by atoms with Gasteiger partial charge in [-0.05, 0) is 0 Å². The van der Waals surface area contributed by atoms with Crippen LogP contribution >= 0.6 is 0 Å². The molecule has 0 rings (SSSR count). The molecule has 0 aliphatic heterocycles. The molecule has 0 spiro atoms. The third-order valence-corrected chi connectivity index (χ3v) is 0.385. The molecule has 0 heterocycles. The van der Waals surface area contributed by atoms with Crippen molar-refractivity contribution < 1.29 is 10.2 Å². The summed E-state index contributed by atoms with van der Waals surface area (Å²) in [5, 5.41) is 15.7. The molecule has 0 aromatic carbocycles. The van der Waals surface area contributed by atoms with E-state index in [0.29, 0.717) is 13.1 Å². The van der Waals surface area contributed by atoms with Crippen LogP contribution < -0.4 is 17.0 Å². The van der Waals surface area contributed by atoms with E-state index in [1.165, 1.54) is 0 Å². The fourth-order valence-electron chi connectivity index (χ4n) is 0.0645. The van der Waals surface area contributed by atoms with Crippen LogP contribution in [0.2, 0.25) is 0 Å². The van der Waals surface area contributed by atoms with E-state index >= 15 is 0 Å². The van der Waals surface area contributed by atoms with Crippen LogP contribution in [0.5, 0.6) is 0 Å². The van der Waals surface area contributed by atoms with Gasteiger partial charge < -0.3 is 15.9 Å². The Morgan fingerprint density at radius 1 is 1.22 bits per heavy atom. The maximum Gasteiger partial charge on any atom is 0.0569 e. The van der Waals surface area contributed by atoms with Gasteiger partial charge in [-0.3, -0.25) is 11.3 Å². The van der Waals surface area contributed by atoms with Crippen LogP contribution in [0.15, 0.2) is 0 Å². The lowest BCUT2D eigenvalue weighted by Crippen LogP contribution is -2.24. The Hall–Kier alpha value is -0.200. The Labute approximate surface area is 54.6 Å². The molecule has 0 aliphatic rings. The van der Waals surface area contributed by atoms with E-state index < -0.39 is 0 Å². The summed E-state index contributed by atoms with van der Waals surface area (Å²) in [6.07, 6.45) is 0. The minimum Gasteiger partial charge on any atom is -0.395 e. The molecule has 0 unspecified atom stereocenters. The summed E-state index contributed by atoms with van der Waals surface area (Å²) < 4.78 is 0. The Balaban J connectivity index is 0. The molecule has 0 fully saturated rings. The zero-order valence-electron chi connectivity index (χ0n) is 5.38. The van der Waals surface area contributed by atoms with E-state index in [0.717, 1.165) is 0 Å². The molecule has 0 aromatic heterocycles. The third-order valence-electron chi connectivity index (χ3n) is 0.385. The van der Waals surface area contributed by atoms with Gasteiger partial charge >= 0.3 is 0 Å². The SMILES string of the molecule is NCCO.NNCCO. The molecule has 0 aromatic rings. The lowest BCUT2D eigenvalue weighted by Gasteiger charge is -1.84. The monoisotopic (exact) mass is 137 g/mol. The second-order valence-corrected chi connectivity index (χ2v) is 1.19. The lowest BCUT2D eigenvalue weighted by atomic mass is 10.7. The van der Waals surface area contributed by atoms with Crippen LogP contribution in [0.25, 0.3) is 0 Å². The van der Waals surface area contributed by atoms with Crippen molar-refractivity contribution in [2.24, 2.45) is 11.6 Å². The van der Waals surface area contributed by atoms with E-state index in [2.05, 4.69) is 5.43 Å². The number of rotatable bonds is 3. The average Bonchev–Trinajstić information content (AvgIpc) is 1.91. The van der Waals surface area contributed by atoms with Crippen molar-refractivity contribution in [1.82, 2.24) is 5.43 Å². The molecule has 0 bridgehead atoms. The van der Waals surface area contributed by atoms with E-state index in [1.54, 1.807) is 0 Å². The summed E-state index contributed by atoms with van der Waals surface area (Å²) in [6.45, 7) is 1.05. The molecule has 5 heteroatoms. The van der Waals surface area contributed by atoms with Crippen molar-refractivity contribution in [2.45, 2.75) is 0 Å². The van der Waals surface area contributed by atoms with Gasteiger partial charge in [0, 0.05) is 13.1 Å². The number of nitrogens with one attached hydrogen (secondary N) is 1. The van der Waals surface area contributed by atoms with Crippen molar-refractivity contribution in [1.29, 1.82) is 0 Å². The quantitative estimate of drug-likeness (QED) is 0.216. The van der Waals surface area contributed by atoms with Crippen LogP contribution in [0.4, 0.5) is 0 Å². The highest BCUT2D eigenvalue weighted by molar-refractivity contribution is 4.24. The van der Waals surface area contributed by atoms with E-state index in [-0.39, 0.29) is 13.2 Å². The molecule has 0 amide bonds. The largest absolute Gasteiger partial charge is 0.395 e. The summed E-state index contributed by atoms with van der Waals surface area (Å²) in [6, 6.07) is 0. The number of nitrogens with two attached hydrogens (primary N) is 2. The summed E-state index contributed by atoms with van der Waals surface area (Å²) in [7, 11) is 0. The Morgan fingerprint density at radius 3 is 1.67 bits per heavy atom. The summed E-state index contributed by atoms with van der Waals surface area (Å²) >= 11 is 0. The van der Waals surface area contributed by atoms with E-state index in [4.69, 9.17) is 21.8 Å². The first kappa shape index (κ1) is 11.6. The minimum absolute atomic E-state index is 0.0972. The zero-order valence-corrected chi connectivity index (χ0v) is 5.38. The number of hydrogen-bond donors (Lipinski definition) is 5. The lowest BCUT2D eigenvalue weighted by molar-refractivity contribution is 0.293. The molecule has 0 saturated heterocycles. The molecule has 0 atom stereocenters. The topological polar surface area (TPSA) is 105 Å². The second-order valence-electron chi connectivity index (χ2n) is 1.19. The standard InChI is InChI=1S/C2H8N2O.C2H7NO/c3-4-1-2-5;3-1-2-4/h4-5H,1-3H2;4H,1-3H2. The number of hydrazine groups is 1. The highest BCUT2D eigenvalue weighted by Crippen LogP contribution is 1.39. The fourth-order valence-corrected chi connectivity index (χ4v) is 0.0645. The van der Waals surface area contributed by atoms with E-state index in [9.17, 15) is 0 Å². The highest BCUT2D eigenvalue weighted by Gasteiger charge is 1.66. The molecule has 0 radical (unpaired) electrons. The number of hydrogen-bond acceptors (Lipinski definition) is 5. The average molecular weight is 137 g/mol. The normalized spacial score (nSPS) is 8.00. The maximum atomic E-state index is 7.92. The molecular weight excluding hydrogens is 122 g/mol. The van der Waals surface area contributed by atoms with Gasteiger partial charge in [0.25, 0.3) is 0 Å². The smallest absolute Gasteiger partial charge is 0.0569 e. The van der Waals surface area contributed by atoms with Gasteiger partial charge in [-0.15, -0.1) is 0 Å². The highest BCUT2D eigenvalue weighted by atomic mass is 16.3. The van der Waals surface area contributed by atoms with Gasteiger partial charge in [-0.2, -0.15) is 0 Å². The van der Waals surface area contributed by atoms with Gasteiger partial charge in [0.05, 0.1) is 13.2 Å². The fraction of sp³-hybridized carbons (Fsp3) is 1.00. The minimum atomic E-state index is 0.0972. The van der Waals surface area contributed by atoms with Crippen molar-refractivity contribution in [3.8, 4) is 0 Å². The molecule has 0 saturated carbocycles. The summed E-state index contributed by atoms with van der Waals surface area (Å²) in [5.41, 5.74) is 7.05. The van der Waals surface area contributed by atoms with Crippen LogP contribution in [0.1, 0.15) is 0 Å². The third kappa shape index (κ3) is 33.5. The first-order valence-corrected chi connectivity index (χ1v) is 2.68. The van der Waals surface area contributed by atoms with Crippen LogP contribution in [-0.4, -0.2) is 36.5 Å². The second kappa shape index (κ2) is 15.7. The van der Waals surface area contributed by atoms with Crippen LogP contribution in [0.3, 0.4) is 0 Å². The van der Waals surface area contributed by atoms with Crippen molar-refractivity contribution >= 4 is 0 Å². The van der Waals surface area contributed by atoms with Gasteiger partial charge in [0.1, 0.15) is 0 Å². The van der Waals surface area contributed by atoms with Crippen molar-refractivity contribution in [3.05, 3.63) is 0 Å². The van der Waals surface area contributed by atoms with Gasteiger partial charge in [-0.1, -0.05) is 0 Å². The van der Waals surface area contributed by atoms with E-state index in [1.807, 2.05) is 0 Å². The van der Waals surface area contributed by atoms with Gasteiger partial charge in [0.2, 0.25) is 0 Å². The summed E-state index contributed by atoms with van der Waals surface area (Å²) in [4.78, 5) is 0. The van der Waals surface area contributed by atoms with Gasteiger partial charge in [-0.25, -0.2) is 0 Å².